The molecule has 6 heteroatoms. The molecule has 1 aliphatic heterocycles. The van der Waals surface area contributed by atoms with E-state index in [-0.39, 0.29) is 10.9 Å². The summed E-state index contributed by atoms with van der Waals surface area (Å²) in [5.74, 6) is 0. The van der Waals surface area contributed by atoms with E-state index in [0.29, 0.717) is 24.2 Å². The minimum absolute atomic E-state index is 0.193. The summed E-state index contributed by atoms with van der Waals surface area (Å²) in [5.41, 5.74) is 1.05. The molecule has 1 aromatic rings. The van der Waals surface area contributed by atoms with Crippen LogP contribution in [-0.4, -0.2) is 50.3 Å². The minimum atomic E-state index is -3.53. The molecule has 1 heterocycles. The van der Waals surface area contributed by atoms with Crippen molar-refractivity contribution in [1.82, 2.24) is 9.21 Å². The average Bonchev–Trinajstić information content (AvgIpc) is 2.42. The predicted molar refractivity (Wildman–Crippen MR) is 76.7 cm³/mol. The third kappa shape index (κ3) is 2.70. The van der Waals surface area contributed by atoms with E-state index in [0.717, 1.165) is 6.54 Å². The molecule has 1 aliphatic rings. The monoisotopic (exact) mass is 293 g/mol. The van der Waals surface area contributed by atoms with Crippen LogP contribution in [0.4, 0.5) is 0 Å². The van der Waals surface area contributed by atoms with Crippen LogP contribution in [0.5, 0.6) is 0 Å². The van der Waals surface area contributed by atoms with E-state index >= 15 is 0 Å². The standard InChI is InChI=1S/C14H19N3O2S/c1-11-4-5-13(9-15)8-14(11)20(18,19)17-7-6-16(3)12(2)10-17/h4-5,8,12H,6-7,10H2,1-3H3. The molecule has 1 aromatic carbocycles. The van der Waals surface area contributed by atoms with E-state index in [1.165, 1.54) is 10.4 Å². The number of benzene rings is 1. The molecule has 0 saturated carbocycles. The zero-order chi connectivity index (χ0) is 14.9. The summed E-state index contributed by atoms with van der Waals surface area (Å²) in [5, 5.41) is 8.94. The maximum Gasteiger partial charge on any atom is 0.243 e. The maximum absolute atomic E-state index is 12.7. The van der Waals surface area contributed by atoms with Gasteiger partial charge in [0.15, 0.2) is 0 Å². The normalized spacial score (nSPS) is 21.6. The molecule has 0 bridgehead atoms. The zero-order valence-corrected chi connectivity index (χ0v) is 12.8. The molecule has 0 aliphatic carbocycles. The summed E-state index contributed by atoms with van der Waals surface area (Å²) in [6.07, 6.45) is 0. The van der Waals surface area contributed by atoms with Crippen LogP contribution in [0.15, 0.2) is 23.1 Å². The first kappa shape index (κ1) is 15.0. The van der Waals surface area contributed by atoms with Crippen LogP contribution < -0.4 is 0 Å². The third-order valence-electron chi connectivity index (χ3n) is 3.86. The number of sulfonamides is 1. The molecule has 1 atom stereocenters. The highest BCUT2D eigenvalue weighted by molar-refractivity contribution is 7.89. The van der Waals surface area contributed by atoms with Gasteiger partial charge >= 0.3 is 0 Å². The van der Waals surface area contributed by atoms with Gasteiger partial charge in [0, 0.05) is 25.7 Å². The van der Waals surface area contributed by atoms with Crippen LogP contribution in [-0.2, 0) is 10.0 Å². The highest BCUT2D eigenvalue weighted by Crippen LogP contribution is 2.23. The SMILES string of the molecule is Cc1ccc(C#N)cc1S(=O)(=O)N1CCN(C)C(C)C1. The Morgan fingerprint density at radius 3 is 2.65 bits per heavy atom. The Bertz CT molecular complexity index is 649. The molecule has 0 aromatic heterocycles. The molecule has 0 spiro atoms. The molecule has 108 valence electrons. The fourth-order valence-corrected chi connectivity index (χ4v) is 4.08. The average molecular weight is 293 g/mol. The van der Waals surface area contributed by atoms with Gasteiger partial charge in [-0.05, 0) is 38.6 Å². The summed E-state index contributed by atoms with van der Waals surface area (Å²) < 4.78 is 27.0. The zero-order valence-electron chi connectivity index (χ0n) is 12.0. The van der Waals surface area contributed by atoms with Crippen molar-refractivity contribution in [3.8, 4) is 6.07 Å². The second-order valence-corrected chi connectivity index (χ2v) is 7.19. The Hall–Kier alpha value is -1.42. The van der Waals surface area contributed by atoms with Crippen molar-refractivity contribution in [3.05, 3.63) is 29.3 Å². The van der Waals surface area contributed by atoms with Crippen molar-refractivity contribution in [3.63, 3.8) is 0 Å². The van der Waals surface area contributed by atoms with Gasteiger partial charge in [-0.15, -0.1) is 0 Å². The van der Waals surface area contributed by atoms with Crippen LogP contribution in [0, 0.1) is 18.3 Å². The Kier molecular flexibility index (Phi) is 4.14. The van der Waals surface area contributed by atoms with Gasteiger partial charge in [0.25, 0.3) is 0 Å². The van der Waals surface area contributed by atoms with E-state index in [9.17, 15) is 8.42 Å². The second-order valence-electron chi connectivity index (χ2n) is 5.28. The minimum Gasteiger partial charge on any atom is -0.301 e. The largest absolute Gasteiger partial charge is 0.301 e. The topological polar surface area (TPSA) is 64.4 Å². The number of piperazine rings is 1. The van der Waals surface area contributed by atoms with Gasteiger partial charge in [-0.3, -0.25) is 0 Å². The summed E-state index contributed by atoms with van der Waals surface area (Å²) in [4.78, 5) is 2.39. The van der Waals surface area contributed by atoms with Crippen LogP contribution >= 0.6 is 0 Å². The van der Waals surface area contributed by atoms with Gasteiger partial charge in [0.2, 0.25) is 10.0 Å². The molecule has 0 N–H and O–H groups in total. The predicted octanol–water partition coefficient (Wildman–Crippen LogP) is 1.19. The van der Waals surface area contributed by atoms with Crippen molar-refractivity contribution in [2.45, 2.75) is 24.8 Å². The van der Waals surface area contributed by atoms with Gasteiger partial charge in [0.05, 0.1) is 16.5 Å². The summed E-state index contributed by atoms with van der Waals surface area (Å²) >= 11 is 0. The van der Waals surface area contributed by atoms with E-state index in [4.69, 9.17) is 5.26 Å². The smallest absolute Gasteiger partial charge is 0.243 e. The lowest BCUT2D eigenvalue weighted by Gasteiger charge is -2.37. The Labute approximate surface area is 120 Å². The van der Waals surface area contributed by atoms with E-state index in [1.807, 2.05) is 20.0 Å². The first-order chi connectivity index (χ1) is 9.36. The number of nitrogens with zero attached hydrogens (tertiary/aromatic N) is 3. The Morgan fingerprint density at radius 1 is 1.35 bits per heavy atom. The van der Waals surface area contributed by atoms with Crippen LogP contribution in [0.25, 0.3) is 0 Å². The molecule has 1 unspecified atom stereocenters. The van der Waals surface area contributed by atoms with E-state index in [1.54, 1.807) is 19.1 Å². The van der Waals surface area contributed by atoms with E-state index < -0.39 is 10.0 Å². The highest BCUT2D eigenvalue weighted by Gasteiger charge is 2.31. The highest BCUT2D eigenvalue weighted by atomic mass is 32.2. The van der Waals surface area contributed by atoms with Gasteiger partial charge in [-0.2, -0.15) is 9.57 Å². The molecular formula is C14H19N3O2S. The van der Waals surface area contributed by atoms with Crippen LogP contribution in [0.2, 0.25) is 0 Å². The second kappa shape index (κ2) is 5.52. The number of hydrogen-bond acceptors (Lipinski definition) is 4. The van der Waals surface area contributed by atoms with Crippen LogP contribution in [0.3, 0.4) is 0 Å². The number of aryl methyl sites for hydroxylation is 1. The first-order valence-electron chi connectivity index (χ1n) is 6.57. The first-order valence-corrected chi connectivity index (χ1v) is 8.01. The van der Waals surface area contributed by atoms with Crippen LogP contribution in [0.1, 0.15) is 18.1 Å². The third-order valence-corrected chi connectivity index (χ3v) is 5.86. The number of rotatable bonds is 2. The molecule has 5 nitrogen and oxygen atoms in total. The van der Waals surface area contributed by atoms with Crippen molar-refractivity contribution in [1.29, 1.82) is 5.26 Å². The summed E-state index contributed by atoms with van der Waals surface area (Å²) in [6.45, 7) is 5.46. The van der Waals surface area contributed by atoms with Gasteiger partial charge in [-0.1, -0.05) is 6.07 Å². The Morgan fingerprint density at radius 2 is 2.05 bits per heavy atom. The fourth-order valence-electron chi connectivity index (χ4n) is 2.32. The van der Waals surface area contributed by atoms with Crippen molar-refractivity contribution < 1.29 is 8.42 Å². The molecule has 1 fully saturated rings. The lowest BCUT2D eigenvalue weighted by Crippen LogP contribution is -2.51. The molecule has 0 radical (unpaired) electrons. The molecule has 0 amide bonds. The van der Waals surface area contributed by atoms with Gasteiger partial charge in [-0.25, -0.2) is 8.42 Å². The van der Waals surface area contributed by atoms with Gasteiger partial charge < -0.3 is 4.90 Å². The summed E-state index contributed by atoms with van der Waals surface area (Å²) in [7, 11) is -1.53. The maximum atomic E-state index is 12.7. The van der Waals surface area contributed by atoms with Crippen molar-refractivity contribution in [2.75, 3.05) is 26.7 Å². The molecular weight excluding hydrogens is 274 g/mol. The number of likely N-dealkylation sites (N-methyl/N-ethyl adjacent to an activating group) is 1. The molecule has 20 heavy (non-hydrogen) atoms. The van der Waals surface area contributed by atoms with Crippen molar-refractivity contribution in [2.24, 2.45) is 0 Å². The summed E-state index contributed by atoms with van der Waals surface area (Å²) in [6, 6.07) is 6.98. The molecule has 2 rings (SSSR count). The fraction of sp³-hybridized carbons (Fsp3) is 0.500. The quantitative estimate of drug-likeness (QED) is 0.821. The van der Waals surface area contributed by atoms with E-state index in [2.05, 4.69) is 4.90 Å². The lowest BCUT2D eigenvalue weighted by atomic mass is 10.2. The lowest BCUT2D eigenvalue weighted by molar-refractivity contribution is 0.159. The molecule has 1 saturated heterocycles. The number of hydrogen-bond donors (Lipinski definition) is 0. The number of nitriles is 1. The van der Waals surface area contributed by atoms with Gasteiger partial charge in [0.1, 0.15) is 0 Å². The van der Waals surface area contributed by atoms with Crippen molar-refractivity contribution >= 4 is 10.0 Å². The Balaban J connectivity index is 2.38.